The number of hydrogen-bond acceptors (Lipinski definition) is 4. The first kappa shape index (κ1) is 19.0. The summed E-state index contributed by atoms with van der Waals surface area (Å²) in [5, 5.41) is 6.24. The SMILES string of the molecule is Cc1cccc(NC(=O)OCCCl)c1CNc1cccn2c(C)c(C)nc12. The molecule has 0 saturated heterocycles. The van der Waals surface area contributed by atoms with Gasteiger partial charge in [0.2, 0.25) is 0 Å². The second-order valence-electron chi connectivity index (χ2n) is 6.30. The molecular formula is C20H23ClN4O2. The number of ether oxygens (including phenoxy) is 1. The van der Waals surface area contributed by atoms with Crippen LogP contribution in [0.3, 0.4) is 0 Å². The number of hydrogen-bond donors (Lipinski definition) is 2. The van der Waals surface area contributed by atoms with Crippen LogP contribution in [-0.4, -0.2) is 28.0 Å². The number of pyridine rings is 1. The topological polar surface area (TPSA) is 67.7 Å². The van der Waals surface area contributed by atoms with Crippen molar-refractivity contribution in [3.63, 3.8) is 0 Å². The Hall–Kier alpha value is -2.73. The van der Waals surface area contributed by atoms with E-state index in [4.69, 9.17) is 16.3 Å². The van der Waals surface area contributed by atoms with Crippen molar-refractivity contribution < 1.29 is 9.53 Å². The van der Waals surface area contributed by atoms with Crippen LogP contribution in [0.15, 0.2) is 36.5 Å². The molecule has 0 bridgehead atoms. The van der Waals surface area contributed by atoms with Crippen molar-refractivity contribution in [2.24, 2.45) is 0 Å². The Morgan fingerprint density at radius 3 is 2.74 bits per heavy atom. The zero-order valence-electron chi connectivity index (χ0n) is 15.7. The molecule has 2 N–H and O–H groups in total. The molecule has 2 heterocycles. The summed E-state index contributed by atoms with van der Waals surface area (Å²) in [7, 11) is 0. The second kappa shape index (κ2) is 8.31. The Labute approximate surface area is 163 Å². The Morgan fingerprint density at radius 2 is 1.96 bits per heavy atom. The minimum absolute atomic E-state index is 0.174. The number of carbonyl (C=O) groups excluding carboxylic acids is 1. The average Bonchev–Trinajstić information content (AvgIpc) is 2.94. The van der Waals surface area contributed by atoms with Gasteiger partial charge in [0.15, 0.2) is 5.65 Å². The first-order valence-electron chi connectivity index (χ1n) is 8.77. The van der Waals surface area contributed by atoms with Crippen LogP contribution in [0.5, 0.6) is 0 Å². The third-order valence-corrected chi connectivity index (χ3v) is 4.69. The molecular weight excluding hydrogens is 364 g/mol. The van der Waals surface area contributed by atoms with E-state index >= 15 is 0 Å². The number of benzene rings is 1. The van der Waals surface area contributed by atoms with Gasteiger partial charge in [-0.3, -0.25) is 5.32 Å². The summed E-state index contributed by atoms with van der Waals surface area (Å²) in [6.45, 7) is 6.78. The number of fused-ring (bicyclic) bond motifs is 1. The molecule has 0 aliphatic carbocycles. The molecule has 142 valence electrons. The number of halogens is 1. The number of carbonyl (C=O) groups is 1. The lowest BCUT2D eigenvalue weighted by atomic mass is 10.1. The van der Waals surface area contributed by atoms with Crippen LogP contribution in [0.2, 0.25) is 0 Å². The lowest BCUT2D eigenvalue weighted by Crippen LogP contribution is -2.17. The normalized spacial score (nSPS) is 10.8. The van der Waals surface area contributed by atoms with Gasteiger partial charge in [-0.25, -0.2) is 9.78 Å². The van der Waals surface area contributed by atoms with E-state index in [9.17, 15) is 4.79 Å². The number of nitrogens with one attached hydrogen (secondary N) is 2. The first-order valence-corrected chi connectivity index (χ1v) is 9.31. The lowest BCUT2D eigenvalue weighted by molar-refractivity contribution is 0.168. The molecule has 0 spiro atoms. The van der Waals surface area contributed by atoms with E-state index in [0.717, 1.165) is 33.8 Å². The number of nitrogens with zero attached hydrogens (tertiary/aromatic N) is 2. The van der Waals surface area contributed by atoms with E-state index in [1.807, 2.05) is 50.4 Å². The zero-order chi connectivity index (χ0) is 19.4. The summed E-state index contributed by atoms with van der Waals surface area (Å²) in [6.07, 6.45) is 1.49. The van der Waals surface area contributed by atoms with Crippen LogP contribution in [0.25, 0.3) is 5.65 Å². The predicted octanol–water partition coefficient (Wildman–Crippen LogP) is 4.66. The van der Waals surface area contributed by atoms with E-state index in [0.29, 0.717) is 12.2 Å². The highest BCUT2D eigenvalue weighted by Crippen LogP contribution is 2.24. The van der Waals surface area contributed by atoms with Crippen LogP contribution in [0, 0.1) is 20.8 Å². The van der Waals surface area contributed by atoms with E-state index in [1.165, 1.54) is 0 Å². The fourth-order valence-corrected chi connectivity index (χ4v) is 3.03. The van der Waals surface area contributed by atoms with Crippen molar-refractivity contribution in [3.05, 3.63) is 59.0 Å². The van der Waals surface area contributed by atoms with Gasteiger partial charge in [-0.15, -0.1) is 11.6 Å². The highest BCUT2D eigenvalue weighted by Gasteiger charge is 2.12. The van der Waals surface area contributed by atoms with Crippen LogP contribution in [-0.2, 0) is 11.3 Å². The van der Waals surface area contributed by atoms with Crippen molar-refractivity contribution >= 4 is 34.7 Å². The summed E-state index contributed by atoms with van der Waals surface area (Å²) in [5.74, 6) is 0.267. The van der Waals surface area contributed by atoms with Gasteiger partial charge in [0.25, 0.3) is 0 Å². The van der Waals surface area contributed by atoms with Crippen molar-refractivity contribution in [2.75, 3.05) is 23.1 Å². The fourth-order valence-electron chi connectivity index (χ4n) is 2.95. The number of aromatic nitrogens is 2. The zero-order valence-corrected chi connectivity index (χ0v) is 16.4. The number of alkyl halides is 1. The largest absolute Gasteiger partial charge is 0.448 e. The number of amides is 1. The molecule has 3 rings (SSSR count). The maximum Gasteiger partial charge on any atom is 0.411 e. The summed E-state index contributed by atoms with van der Waals surface area (Å²) < 4.78 is 7.08. The van der Waals surface area contributed by atoms with Gasteiger partial charge in [0.1, 0.15) is 6.61 Å². The third-order valence-electron chi connectivity index (χ3n) is 4.54. The van der Waals surface area contributed by atoms with Gasteiger partial charge in [-0.2, -0.15) is 0 Å². The van der Waals surface area contributed by atoms with Gasteiger partial charge < -0.3 is 14.5 Å². The first-order chi connectivity index (χ1) is 13.0. The maximum atomic E-state index is 11.9. The highest BCUT2D eigenvalue weighted by molar-refractivity contribution is 6.18. The van der Waals surface area contributed by atoms with Gasteiger partial charge in [-0.05, 0) is 50.1 Å². The van der Waals surface area contributed by atoms with Crippen LogP contribution >= 0.6 is 11.6 Å². The summed E-state index contributed by atoms with van der Waals surface area (Å²) in [5.41, 5.74) is 6.72. The van der Waals surface area contributed by atoms with Gasteiger partial charge in [-0.1, -0.05) is 12.1 Å². The highest BCUT2D eigenvalue weighted by atomic mass is 35.5. The maximum absolute atomic E-state index is 11.9. The molecule has 7 heteroatoms. The second-order valence-corrected chi connectivity index (χ2v) is 6.68. The fraction of sp³-hybridized carbons (Fsp3) is 0.300. The summed E-state index contributed by atoms with van der Waals surface area (Å²) >= 11 is 5.56. The molecule has 0 aliphatic rings. The molecule has 1 aromatic carbocycles. The number of aryl methyl sites for hydroxylation is 3. The summed E-state index contributed by atoms with van der Waals surface area (Å²) in [6, 6.07) is 9.76. The van der Waals surface area contributed by atoms with Crippen molar-refractivity contribution in [1.29, 1.82) is 0 Å². The van der Waals surface area contributed by atoms with Crippen molar-refractivity contribution in [3.8, 4) is 0 Å². The Balaban J connectivity index is 1.82. The molecule has 0 fully saturated rings. The molecule has 0 saturated carbocycles. The van der Waals surface area contributed by atoms with Gasteiger partial charge in [0, 0.05) is 24.1 Å². The molecule has 1 amide bonds. The Bertz CT molecular complexity index is 968. The van der Waals surface area contributed by atoms with Crippen LogP contribution in [0.1, 0.15) is 22.5 Å². The molecule has 3 aromatic rings. The quantitative estimate of drug-likeness (QED) is 0.604. The van der Waals surface area contributed by atoms with Crippen LogP contribution in [0.4, 0.5) is 16.2 Å². The molecule has 0 aliphatic heterocycles. The van der Waals surface area contributed by atoms with E-state index in [-0.39, 0.29) is 12.5 Å². The molecule has 6 nitrogen and oxygen atoms in total. The predicted molar refractivity (Wildman–Crippen MR) is 109 cm³/mol. The Kier molecular flexibility index (Phi) is 5.86. The minimum atomic E-state index is -0.510. The van der Waals surface area contributed by atoms with E-state index < -0.39 is 6.09 Å². The molecule has 2 aromatic heterocycles. The van der Waals surface area contributed by atoms with Crippen molar-refractivity contribution in [2.45, 2.75) is 27.3 Å². The average molecular weight is 387 g/mol. The van der Waals surface area contributed by atoms with E-state index in [2.05, 4.69) is 26.9 Å². The molecule has 27 heavy (non-hydrogen) atoms. The van der Waals surface area contributed by atoms with Crippen molar-refractivity contribution in [1.82, 2.24) is 9.38 Å². The lowest BCUT2D eigenvalue weighted by Gasteiger charge is -2.15. The number of rotatable bonds is 6. The number of imidazole rings is 1. The standard InChI is InChI=1S/C20H23ClN4O2/c1-13-6-4-7-17(24-20(26)27-11-9-21)16(13)12-22-18-8-5-10-25-15(3)14(2)23-19(18)25/h4-8,10,22H,9,11-12H2,1-3H3,(H,24,26). The van der Waals surface area contributed by atoms with Gasteiger partial charge in [0.05, 0.1) is 17.3 Å². The van der Waals surface area contributed by atoms with Gasteiger partial charge >= 0.3 is 6.09 Å². The van der Waals surface area contributed by atoms with Crippen LogP contribution < -0.4 is 10.6 Å². The minimum Gasteiger partial charge on any atom is -0.448 e. The summed E-state index contributed by atoms with van der Waals surface area (Å²) in [4.78, 5) is 16.5. The Morgan fingerprint density at radius 1 is 1.19 bits per heavy atom. The monoisotopic (exact) mass is 386 g/mol. The van der Waals surface area contributed by atoms with E-state index in [1.54, 1.807) is 0 Å². The third kappa shape index (κ3) is 4.17. The molecule has 0 unspecified atom stereocenters. The molecule has 0 atom stereocenters. The number of anilines is 2. The smallest absolute Gasteiger partial charge is 0.411 e. The molecule has 0 radical (unpaired) electrons.